The predicted octanol–water partition coefficient (Wildman–Crippen LogP) is 3.75. The van der Waals surface area contributed by atoms with Gasteiger partial charge in [-0.3, -0.25) is 9.89 Å². The maximum Gasteiger partial charge on any atom is 0.318 e. The Morgan fingerprint density at radius 3 is 2.94 bits per heavy atom. The lowest BCUT2D eigenvalue weighted by Crippen LogP contribution is -2.43. The first kappa shape index (κ1) is 23.3. The number of methoxy groups -OCH3 is 1. The molecule has 1 unspecified atom stereocenters. The van der Waals surface area contributed by atoms with Gasteiger partial charge in [0.05, 0.1) is 31.5 Å². The number of ether oxygens (including phenoxy) is 1. The largest absolute Gasteiger partial charge is 0.496 e. The van der Waals surface area contributed by atoms with Crippen molar-refractivity contribution in [2.45, 2.75) is 38.8 Å². The zero-order chi connectivity index (χ0) is 24.1. The number of aryl methyl sites for hydroxylation is 1. The lowest BCUT2D eigenvalue weighted by Gasteiger charge is -2.28. The molecule has 0 bridgehead atoms. The second kappa shape index (κ2) is 10.4. The quantitative estimate of drug-likeness (QED) is 0.477. The number of fused-ring (bicyclic) bond motifs is 1. The third kappa shape index (κ3) is 5.05. The van der Waals surface area contributed by atoms with Crippen LogP contribution in [0.3, 0.4) is 0 Å². The molecule has 176 valence electrons. The molecule has 4 rings (SSSR count). The summed E-state index contributed by atoms with van der Waals surface area (Å²) in [6.07, 6.45) is 4.81. The summed E-state index contributed by atoms with van der Waals surface area (Å²) in [5, 5.41) is 22.8. The van der Waals surface area contributed by atoms with E-state index in [0.717, 1.165) is 27.3 Å². The van der Waals surface area contributed by atoms with E-state index in [9.17, 15) is 14.9 Å². The van der Waals surface area contributed by atoms with Crippen molar-refractivity contribution >= 4 is 28.3 Å². The number of aromatic nitrogens is 2. The van der Waals surface area contributed by atoms with Crippen molar-refractivity contribution in [1.29, 1.82) is 5.26 Å². The van der Waals surface area contributed by atoms with Crippen LogP contribution in [0.2, 0.25) is 0 Å². The van der Waals surface area contributed by atoms with Gasteiger partial charge in [0.1, 0.15) is 16.8 Å². The normalized spacial score (nSPS) is 13.5. The molecule has 0 fully saturated rings. The Balaban J connectivity index is 1.39. The molecule has 9 nitrogen and oxygen atoms in total. The van der Waals surface area contributed by atoms with Crippen LogP contribution < -0.4 is 15.4 Å². The molecule has 3 N–H and O–H groups in total. The average Bonchev–Trinajstić information content (AvgIpc) is 3.50. The Hall–Kier alpha value is -3.84. The van der Waals surface area contributed by atoms with Crippen molar-refractivity contribution in [1.82, 2.24) is 20.4 Å². The van der Waals surface area contributed by atoms with Gasteiger partial charge in [0.15, 0.2) is 0 Å². The number of carbonyl (C=O) groups is 2. The van der Waals surface area contributed by atoms with Crippen molar-refractivity contribution in [2.75, 3.05) is 19.0 Å². The highest BCUT2D eigenvalue weighted by Crippen LogP contribution is 2.37. The van der Waals surface area contributed by atoms with Gasteiger partial charge >= 0.3 is 6.03 Å². The van der Waals surface area contributed by atoms with Crippen LogP contribution >= 0.6 is 11.3 Å². The van der Waals surface area contributed by atoms with Crippen LogP contribution in [-0.4, -0.2) is 40.7 Å². The number of nitriles is 1. The van der Waals surface area contributed by atoms with Crippen LogP contribution in [0, 0.1) is 11.3 Å². The lowest BCUT2D eigenvalue weighted by atomic mass is 10.0. The van der Waals surface area contributed by atoms with E-state index in [1.807, 2.05) is 31.2 Å². The van der Waals surface area contributed by atoms with Gasteiger partial charge in [-0.05, 0) is 37.0 Å². The summed E-state index contributed by atoms with van der Waals surface area (Å²) in [6, 6.07) is 9.49. The smallest absolute Gasteiger partial charge is 0.318 e. The van der Waals surface area contributed by atoms with Gasteiger partial charge in [0.25, 0.3) is 0 Å². The summed E-state index contributed by atoms with van der Waals surface area (Å²) < 4.78 is 5.35. The molecule has 1 aliphatic heterocycles. The molecule has 3 aromatic rings. The van der Waals surface area contributed by atoms with E-state index in [1.54, 1.807) is 24.4 Å². The molecule has 0 radical (unpaired) electrons. The van der Waals surface area contributed by atoms with Gasteiger partial charge in [-0.1, -0.05) is 18.2 Å². The van der Waals surface area contributed by atoms with E-state index >= 15 is 0 Å². The summed E-state index contributed by atoms with van der Waals surface area (Å²) in [4.78, 5) is 28.1. The molecule has 0 saturated heterocycles. The molecule has 0 spiro atoms. The maximum atomic E-state index is 12.8. The molecule has 1 atom stereocenters. The zero-order valence-electron chi connectivity index (χ0n) is 19.1. The summed E-state index contributed by atoms with van der Waals surface area (Å²) in [5.41, 5.74) is 3.27. The molecule has 1 aromatic carbocycles. The number of H-pyrrole nitrogens is 1. The van der Waals surface area contributed by atoms with Crippen molar-refractivity contribution < 1.29 is 14.3 Å². The number of aromatic amines is 1. The summed E-state index contributed by atoms with van der Waals surface area (Å²) in [7, 11) is 1.61. The van der Waals surface area contributed by atoms with E-state index < -0.39 is 0 Å². The van der Waals surface area contributed by atoms with E-state index in [2.05, 4.69) is 26.9 Å². The first-order valence-electron chi connectivity index (χ1n) is 11.0. The fraction of sp³-hybridized carbons (Fsp3) is 0.333. The third-order valence-corrected chi connectivity index (χ3v) is 7.01. The number of thiophene rings is 1. The lowest BCUT2D eigenvalue weighted by molar-refractivity contribution is -0.116. The number of nitrogens with zero attached hydrogens (tertiary/aromatic N) is 3. The fourth-order valence-corrected chi connectivity index (χ4v) is 5.22. The number of hydrogen-bond donors (Lipinski definition) is 3. The number of hydrogen-bond acceptors (Lipinski definition) is 6. The highest BCUT2D eigenvalue weighted by molar-refractivity contribution is 7.16. The van der Waals surface area contributed by atoms with Gasteiger partial charge in [0, 0.05) is 29.6 Å². The monoisotopic (exact) mass is 478 g/mol. The Kier molecular flexibility index (Phi) is 7.13. The summed E-state index contributed by atoms with van der Waals surface area (Å²) >= 11 is 1.37. The van der Waals surface area contributed by atoms with Crippen molar-refractivity contribution in [3.63, 3.8) is 0 Å². The number of rotatable bonds is 7. The van der Waals surface area contributed by atoms with E-state index in [4.69, 9.17) is 4.74 Å². The number of para-hydroxylation sites is 1. The minimum absolute atomic E-state index is 0.162. The Morgan fingerprint density at radius 1 is 1.38 bits per heavy atom. The predicted molar refractivity (Wildman–Crippen MR) is 129 cm³/mol. The molecule has 3 heterocycles. The van der Waals surface area contributed by atoms with Crippen molar-refractivity contribution in [3.8, 4) is 11.8 Å². The van der Waals surface area contributed by atoms with Crippen molar-refractivity contribution in [3.05, 3.63) is 63.8 Å². The highest BCUT2D eigenvalue weighted by atomic mass is 32.1. The molecule has 34 heavy (non-hydrogen) atoms. The molecule has 3 amide bonds. The topological polar surface area (TPSA) is 123 Å². The zero-order valence-corrected chi connectivity index (χ0v) is 19.9. The average molecular weight is 479 g/mol. The Bertz CT molecular complexity index is 1210. The summed E-state index contributed by atoms with van der Waals surface area (Å²) in [6.45, 7) is 2.80. The van der Waals surface area contributed by atoms with Crippen LogP contribution in [-0.2, 0) is 24.2 Å². The van der Waals surface area contributed by atoms with Crippen LogP contribution in [0.15, 0.2) is 36.7 Å². The van der Waals surface area contributed by atoms with Crippen LogP contribution in [0.25, 0.3) is 0 Å². The SMILES string of the molecule is COc1ccccc1CCC(=O)Nc1sc2c(c1C#N)CCN(C(=O)NC(C)c1cn[nH]c1)C2. The van der Waals surface area contributed by atoms with Crippen LogP contribution in [0.5, 0.6) is 5.75 Å². The number of nitrogens with one attached hydrogen (secondary N) is 3. The Labute approximate surface area is 201 Å². The third-order valence-electron chi connectivity index (χ3n) is 5.88. The maximum absolute atomic E-state index is 12.8. The number of carbonyl (C=O) groups excluding carboxylic acids is 2. The number of benzene rings is 1. The van der Waals surface area contributed by atoms with E-state index in [0.29, 0.717) is 36.5 Å². The van der Waals surface area contributed by atoms with Crippen LogP contribution in [0.1, 0.15) is 46.5 Å². The van der Waals surface area contributed by atoms with Gasteiger partial charge in [-0.25, -0.2) is 4.79 Å². The standard InChI is InChI=1S/C24H26N6O3S/c1-15(17-12-26-27-13-17)28-24(32)30-10-9-18-19(11-25)23(34-21(18)14-30)29-22(31)8-7-16-5-3-4-6-20(16)33-2/h3-6,12-13,15H,7-10,14H2,1-2H3,(H,26,27)(H,28,32)(H,29,31). The molecule has 2 aromatic heterocycles. The summed E-state index contributed by atoms with van der Waals surface area (Å²) in [5.74, 6) is 0.588. The molecular weight excluding hydrogens is 452 g/mol. The van der Waals surface area contributed by atoms with E-state index in [-0.39, 0.29) is 24.4 Å². The van der Waals surface area contributed by atoms with Crippen LogP contribution in [0.4, 0.5) is 9.80 Å². The molecular formula is C24H26N6O3S. The van der Waals surface area contributed by atoms with Gasteiger partial charge in [0.2, 0.25) is 5.91 Å². The second-order valence-corrected chi connectivity index (χ2v) is 9.16. The number of amides is 3. The van der Waals surface area contributed by atoms with Gasteiger partial charge < -0.3 is 20.3 Å². The van der Waals surface area contributed by atoms with Crippen molar-refractivity contribution in [2.24, 2.45) is 0 Å². The second-order valence-electron chi connectivity index (χ2n) is 8.05. The first-order chi connectivity index (χ1) is 16.5. The minimum atomic E-state index is -0.177. The molecule has 0 aliphatic carbocycles. The first-order valence-corrected chi connectivity index (χ1v) is 11.8. The highest BCUT2D eigenvalue weighted by Gasteiger charge is 2.28. The molecule has 0 saturated carbocycles. The fourth-order valence-electron chi connectivity index (χ4n) is 3.99. The van der Waals surface area contributed by atoms with Gasteiger partial charge in [-0.2, -0.15) is 10.4 Å². The van der Waals surface area contributed by atoms with Gasteiger partial charge in [-0.15, -0.1) is 11.3 Å². The molecule has 10 heteroatoms. The number of urea groups is 1. The number of anilines is 1. The molecule has 1 aliphatic rings. The minimum Gasteiger partial charge on any atom is -0.496 e. The Morgan fingerprint density at radius 2 is 2.21 bits per heavy atom. The van der Waals surface area contributed by atoms with E-state index in [1.165, 1.54) is 11.3 Å².